The number of hydrogen-bond acceptors (Lipinski definition) is 8. The lowest BCUT2D eigenvalue weighted by Crippen LogP contribution is -2.58. The van der Waals surface area contributed by atoms with Gasteiger partial charge in [-0.25, -0.2) is 0 Å². The lowest BCUT2D eigenvalue weighted by molar-refractivity contribution is -0.147. The first-order valence-electron chi connectivity index (χ1n) is 10.00. The SMILES string of the molecule is CC(O)C#Cc1ccc(O)c2c1C[C@H]1C[C@H]3CC(=O)C(C(N)=O)=C(O)[C@@]3(O)C(=O)C1=C2O. The molecule has 4 atom stereocenters. The summed E-state index contributed by atoms with van der Waals surface area (Å²) in [5.74, 6) is -1.36. The number of amides is 1. The van der Waals surface area contributed by atoms with Crippen molar-refractivity contribution in [3.05, 3.63) is 45.7 Å². The Morgan fingerprint density at radius 2 is 1.91 bits per heavy atom. The van der Waals surface area contributed by atoms with E-state index in [4.69, 9.17) is 5.73 Å². The molecule has 3 aliphatic rings. The van der Waals surface area contributed by atoms with Crippen molar-refractivity contribution in [3.63, 3.8) is 0 Å². The van der Waals surface area contributed by atoms with Crippen molar-refractivity contribution in [3.8, 4) is 17.6 Å². The van der Waals surface area contributed by atoms with Gasteiger partial charge in [-0.15, -0.1) is 0 Å². The first-order chi connectivity index (χ1) is 15.0. The summed E-state index contributed by atoms with van der Waals surface area (Å²) in [7, 11) is 0. The van der Waals surface area contributed by atoms with Gasteiger partial charge in [-0.3, -0.25) is 14.4 Å². The number of phenols is 1. The van der Waals surface area contributed by atoms with Gasteiger partial charge < -0.3 is 31.3 Å². The van der Waals surface area contributed by atoms with E-state index in [0.29, 0.717) is 11.1 Å². The standard InChI is InChI=1S/C23H21NO8/c1-9(25)2-3-10-4-5-14(26)17-13(10)7-11-6-12-8-15(27)18(22(24)31)21(30)23(12,32)20(29)16(11)19(17)28/h4-5,9,11-12,25-26,28,30,32H,6-8H2,1H3,(H2,24,31)/t9?,11-,12+,23+/m1/s1. The summed E-state index contributed by atoms with van der Waals surface area (Å²) in [5.41, 5.74) is 2.40. The third kappa shape index (κ3) is 2.92. The number of aliphatic hydroxyl groups is 4. The van der Waals surface area contributed by atoms with Crippen LogP contribution in [0.1, 0.15) is 36.5 Å². The number of Topliss-reactive ketones (excluding diaryl/α,β-unsaturated/α-hetero) is 2. The van der Waals surface area contributed by atoms with E-state index in [-0.39, 0.29) is 36.1 Å². The summed E-state index contributed by atoms with van der Waals surface area (Å²) in [6.07, 6.45) is -1.08. The van der Waals surface area contributed by atoms with E-state index in [1.54, 1.807) is 0 Å². The summed E-state index contributed by atoms with van der Waals surface area (Å²) in [6.45, 7) is 1.48. The molecule has 4 rings (SSSR count). The van der Waals surface area contributed by atoms with Crippen LogP contribution in [0.15, 0.2) is 29.0 Å². The van der Waals surface area contributed by atoms with Gasteiger partial charge in [-0.2, -0.15) is 0 Å². The third-order valence-electron chi connectivity index (χ3n) is 6.36. The molecular weight excluding hydrogens is 418 g/mol. The maximum atomic E-state index is 13.4. The second-order valence-corrected chi connectivity index (χ2v) is 8.34. The zero-order valence-electron chi connectivity index (χ0n) is 17.0. The maximum Gasteiger partial charge on any atom is 0.255 e. The molecule has 1 fully saturated rings. The highest BCUT2D eigenvalue weighted by molar-refractivity contribution is 6.22. The van der Waals surface area contributed by atoms with Gasteiger partial charge >= 0.3 is 0 Å². The first kappa shape index (κ1) is 21.6. The molecule has 1 aromatic rings. The summed E-state index contributed by atoms with van der Waals surface area (Å²) in [4.78, 5) is 37.3. The monoisotopic (exact) mass is 439 g/mol. The molecule has 0 bridgehead atoms. The number of benzene rings is 1. The molecule has 0 radical (unpaired) electrons. The Morgan fingerprint density at radius 3 is 2.53 bits per heavy atom. The molecule has 1 unspecified atom stereocenters. The Hall–Kier alpha value is -3.61. The minimum absolute atomic E-state index is 0.0328. The van der Waals surface area contributed by atoms with Gasteiger partial charge in [-0.05, 0) is 43.4 Å². The zero-order chi connectivity index (χ0) is 23.5. The molecular formula is C23H21NO8. The van der Waals surface area contributed by atoms with Gasteiger partial charge in [0.05, 0.1) is 5.56 Å². The molecule has 1 aromatic carbocycles. The Balaban J connectivity index is 1.92. The fourth-order valence-electron chi connectivity index (χ4n) is 4.92. The number of aromatic hydroxyl groups is 1. The second-order valence-electron chi connectivity index (χ2n) is 8.34. The van der Waals surface area contributed by atoms with Gasteiger partial charge in [-0.1, -0.05) is 11.8 Å². The first-order valence-corrected chi connectivity index (χ1v) is 10.00. The average molecular weight is 439 g/mol. The number of carbonyl (C=O) groups excluding carboxylic acids is 3. The van der Waals surface area contributed by atoms with E-state index >= 15 is 0 Å². The van der Waals surface area contributed by atoms with Crippen molar-refractivity contribution in [1.82, 2.24) is 0 Å². The molecule has 166 valence electrons. The van der Waals surface area contributed by atoms with Gasteiger partial charge in [0.25, 0.3) is 5.91 Å². The molecule has 0 spiro atoms. The molecule has 0 saturated heterocycles. The number of carbonyl (C=O) groups is 3. The normalized spacial score (nSPS) is 27.7. The number of phenolic OH excluding ortho intramolecular Hbond substituents is 1. The van der Waals surface area contributed by atoms with Gasteiger partial charge in [0.1, 0.15) is 28.9 Å². The predicted octanol–water partition coefficient (Wildman–Crippen LogP) is 0.156. The lowest BCUT2D eigenvalue weighted by Gasteiger charge is -2.46. The van der Waals surface area contributed by atoms with Crippen LogP contribution in [0.25, 0.3) is 5.76 Å². The molecule has 1 saturated carbocycles. The van der Waals surface area contributed by atoms with Gasteiger partial charge in [0.15, 0.2) is 11.4 Å². The Labute approximate surface area is 182 Å². The minimum atomic E-state index is -2.59. The van der Waals surface area contributed by atoms with Crippen LogP contribution in [-0.2, 0) is 20.8 Å². The van der Waals surface area contributed by atoms with Crippen LogP contribution in [0, 0.1) is 23.7 Å². The van der Waals surface area contributed by atoms with Crippen LogP contribution in [0.2, 0.25) is 0 Å². The number of aliphatic hydroxyl groups excluding tert-OH is 3. The van der Waals surface area contributed by atoms with E-state index in [1.165, 1.54) is 19.1 Å². The van der Waals surface area contributed by atoms with Crippen molar-refractivity contribution in [1.29, 1.82) is 0 Å². The van der Waals surface area contributed by atoms with E-state index in [0.717, 1.165) is 0 Å². The fourth-order valence-corrected chi connectivity index (χ4v) is 4.92. The van der Waals surface area contributed by atoms with Gasteiger partial charge in [0, 0.05) is 23.5 Å². The molecule has 0 aliphatic heterocycles. The lowest BCUT2D eigenvalue weighted by atomic mass is 9.59. The molecule has 0 heterocycles. The Kier molecular flexibility index (Phi) is 4.88. The molecule has 9 nitrogen and oxygen atoms in total. The number of fused-ring (bicyclic) bond motifs is 3. The molecule has 32 heavy (non-hydrogen) atoms. The summed E-state index contributed by atoms with van der Waals surface area (Å²) < 4.78 is 0. The fraction of sp³-hybridized carbons (Fsp3) is 0.348. The summed E-state index contributed by atoms with van der Waals surface area (Å²) >= 11 is 0. The van der Waals surface area contributed by atoms with Crippen molar-refractivity contribution in [2.75, 3.05) is 0 Å². The van der Waals surface area contributed by atoms with Crippen molar-refractivity contribution in [2.24, 2.45) is 17.6 Å². The topological polar surface area (TPSA) is 178 Å². The average Bonchev–Trinajstić information content (AvgIpc) is 2.69. The van der Waals surface area contributed by atoms with Crippen LogP contribution in [0.5, 0.6) is 5.75 Å². The molecule has 1 amide bonds. The predicted molar refractivity (Wildman–Crippen MR) is 110 cm³/mol. The molecule has 9 heteroatoms. The Morgan fingerprint density at radius 1 is 1.22 bits per heavy atom. The number of primary amides is 1. The van der Waals surface area contributed by atoms with Crippen molar-refractivity contribution >= 4 is 23.2 Å². The van der Waals surface area contributed by atoms with Crippen molar-refractivity contribution < 1.29 is 39.9 Å². The maximum absolute atomic E-state index is 13.4. The number of nitrogens with two attached hydrogens (primary N) is 1. The highest BCUT2D eigenvalue weighted by Gasteiger charge is 2.60. The largest absolute Gasteiger partial charge is 0.508 e. The molecule has 0 aromatic heterocycles. The van der Waals surface area contributed by atoms with E-state index in [2.05, 4.69) is 11.8 Å². The number of ketones is 2. The van der Waals surface area contributed by atoms with Gasteiger partial charge in [0.2, 0.25) is 5.78 Å². The van der Waals surface area contributed by atoms with Crippen LogP contribution in [0.3, 0.4) is 0 Å². The third-order valence-corrected chi connectivity index (χ3v) is 6.36. The number of hydrogen-bond donors (Lipinski definition) is 6. The Bertz CT molecular complexity index is 1210. The molecule has 7 N–H and O–H groups in total. The molecule has 3 aliphatic carbocycles. The van der Waals surface area contributed by atoms with Crippen LogP contribution < -0.4 is 5.73 Å². The van der Waals surface area contributed by atoms with E-state index in [9.17, 15) is 39.9 Å². The highest BCUT2D eigenvalue weighted by Crippen LogP contribution is 2.52. The minimum Gasteiger partial charge on any atom is -0.508 e. The van der Waals surface area contributed by atoms with E-state index < -0.39 is 58.1 Å². The summed E-state index contributed by atoms with van der Waals surface area (Å²) in [6, 6.07) is 2.81. The van der Waals surface area contributed by atoms with E-state index in [1.807, 2.05) is 0 Å². The smallest absolute Gasteiger partial charge is 0.255 e. The van der Waals surface area contributed by atoms with Crippen LogP contribution in [-0.4, -0.2) is 54.7 Å². The summed E-state index contributed by atoms with van der Waals surface area (Å²) in [5, 5.41) is 52.5. The van der Waals surface area contributed by atoms with Crippen LogP contribution >= 0.6 is 0 Å². The number of rotatable bonds is 1. The van der Waals surface area contributed by atoms with Crippen LogP contribution in [0.4, 0.5) is 0 Å². The zero-order valence-corrected chi connectivity index (χ0v) is 17.0. The van der Waals surface area contributed by atoms with Crippen molar-refractivity contribution in [2.45, 2.75) is 37.9 Å². The highest BCUT2D eigenvalue weighted by atomic mass is 16.3. The quantitative estimate of drug-likeness (QED) is 0.264. The second kappa shape index (κ2) is 7.22.